The third kappa shape index (κ3) is 4.91. The molecule has 36 heavy (non-hydrogen) atoms. The van der Waals surface area contributed by atoms with Gasteiger partial charge >= 0.3 is 0 Å². The summed E-state index contributed by atoms with van der Waals surface area (Å²) < 4.78 is 28.9. The number of hydrogen-bond acceptors (Lipinski definition) is 5. The molecular weight excluding hydrogens is 480 g/mol. The van der Waals surface area contributed by atoms with Crippen LogP contribution in [0.15, 0.2) is 66.9 Å². The van der Waals surface area contributed by atoms with E-state index in [1.54, 1.807) is 24.4 Å². The first-order valence-electron chi connectivity index (χ1n) is 11.9. The fraction of sp³-hybridized carbons (Fsp3) is 0.286. The number of thiazole rings is 1. The van der Waals surface area contributed by atoms with Crippen LogP contribution in [0.4, 0.5) is 8.78 Å². The van der Waals surface area contributed by atoms with Crippen molar-refractivity contribution in [3.8, 4) is 11.3 Å². The Morgan fingerprint density at radius 3 is 2.67 bits per heavy atom. The Labute approximate surface area is 211 Å². The van der Waals surface area contributed by atoms with Gasteiger partial charge in [0.25, 0.3) is 11.8 Å². The lowest BCUT2D eigenvalue weighted by Crippen LogP contribution is -2.49. The van der Waals surface area contributed by atoms with Gasteiger partial charge in [0.05, 0.1) is 16.2 Å². The van der Waals surface area contributed by atoms with Crippen molar-refractivity contribution < 1.29 is 18.4 Å². The van der Waals surface area contributed by atoms with Crippen molar-refractivity contribution >= 4 is 33.9 Å². The number of carbonyl (C=O) groups excluding carboxylic acids is 2. The van der Waals surface area contributed by atoms with E-state index in [0.29, 0.717) is 21.7 Å². The number of alkyl halides is 2. The fourth-order valence-electron chi connectivity index (χ4n) is 4.80. The van der Waals surface area contributed by atoms with Gasteiger partial charge in [-0.3, -0.25) is 14.6 Å². The molecule has 0 radical (unpaired) electrons. The zero-order valence-corrected chi connectivity index (χ0v) is 20.6. The molecule has 1 aliphatic heterocycles. The minimum absolute atomic E-state index is 0.0491. The van der Waals surface area contributed by atoms with Crippen molar-refractivity contribution in [1.82, 2.24) is 14.9 Å². The maximum atomic E-state index is 14.5. The summed E-state index contributed by atoms with van der Waals surface area (Å²) in [6.07, 6.45) is 0.977. The highest BCUT2D eigenvalue weighted by atomic mass is 32.1. The number of benzene rings is 2. The smallest absolute Gasteiger partial charge is 0.266 e. The van der Waals surface area contributed by atoms with Gasteiger partial charge in [-0.25, -0.2) is 13.8 Å². The van der Waals surface area contributed by atoms with E-state index in [1.807, 2.05) is 49.4 Å². The second-order valence-corrected chi connectivity index (χ2v) is 10.3. The molecule has 184 valence electrons. The van der Waals surface area contributed by atoms with Gasteiger partial charge in [0.15, 0.2) is 5.78 Å². The van der Waals surface area contributed by atoms with Crippen LogP contribution in [0.3, 0.4) is 0 Å². The molecule has 1 aliphatic rings. The minimum Gasteiger partial charge on any atom is -0.334 e. The number of nitrogens with zero attached hydrogens (tertiary/aromatic N) is 3. The summed E-state index contributed by atoms with van der Waals surface area (Å²) in [5.74, 6) is -3.35. The summed E-state index contributed by atoms with van der Waals surface area (Å²) in [6, 6.07) is 17.7. The maximum absolute atomic E-state index is 14.5. The molecule has 4 aromatic rings. The quantitative estimate of drug-likeness (QED) is 0.278. The number of Topliss-reactive ketones (excluding diaryl/α,β-unsaturated/α-hetero) is 1. The lowest BCUT2D eigenvalue weighted by molar-refractivity contribution is -0.0709. The Balaban J connectivity index is 1.39. The molecular formula is C28H25F2N3O2S. The third-order valence-electron chi connectivity index (χ3n) is 6.57. The second kappa shape index (κ2) is 9.85. The zero-order chi connectivity index (χ0) is 25.3. The molecule has 1 fully saturated rings. The Hall–Kier alpha value is -3.52. The van der Waals surface area contributed by atoms with E-state index in [4.69, 9.17) is 0 Å². The molecule has 1 atom stereocenters. The number of hydrogen-bond donors (Lipinski definition) is 0. The molecule has 0 N–H and O–H groups in total. The monoisotopic (exact) mass is 505 g/mol. The van der Waals surface area contributed by atoms with E-state index in [2.05, 4.69) is 9.97 Å². The Morgan fingerprint density at radius 2 is 1.86 bits per heavy atom. The fourth-order valence-corrected chi connectivity index (χ4v) is 5.70. The molecule has 0 aliphatic carbocycles. The van der Waals surface area contributed by atoms with Crippen LogP contribution in [-0.2, 0) is 0 Å². The standard InChI is InChI=1S/C28H25F2N3O2S/c1-18-32-25(20-7-3-2-4-8-20)26(36-18)27(35)33-16-14-28(29,30)17-21(33)12-13-23(34)22-11-5-9-19-10-6-15-31-24(19)22/h2-11,15,21H,12-14,16-17H2,1H3/t21-/m1/s1. The third-order valence-corrected chi connectivity index (χ3v) is 7.53. The highest BCUT2D eigenvalue weighted by molar-refractivity contribution is 7.14. The number of likely N-dealkylation sites (tertiary alicyclic amines) is 1. The number of piperidine rings is 1. The van der Waals surface area contributed by atoms with Crippen molar-refractivity contribution in [2.75, 3.05) is 6.54 Å². The molecule has 0 bridgehead atoms. The number of aryl methyl sites for hydroxylation is 1. The van der Waals surface area contributed by atoms with Crippen LogP contribution in [0.1, 0.15) is 50.7 Å². The number of rotatable bonds is 6. The molecule has 8 heteroatoms. The van der Waals surface area contributed by atoms with E-state index in [-0.39, 0.29) is 31.1 Å². The number of aromatic nitrogens is 2. The van der Waals surface area contributed by atoms with Crippen LogP contribution in [-0.4, -0.2) is 45.1 Å². The van der Waals surface area contributed by atoms with Gasteiger partial charge in [0.1, 0.15) is 4.88 Å². The number of pyridine rings is 1. The first-order chi connectivity index (χ1) is 17.3. The van der Waals surface area contributed by atoms with Crippen molar-refractivity contribution in [3.63, 3.8) is 0 Å². The first kappa shape index (κ1) is 24.2. The summed E-state index contributed by atoms with van der Waals surface area (Å²) in [6.45, 7) is 1.76. The molecule has 0 unspecified atom stereocenters. The molecule has 2 aromatic heterocycles. The molecule has 0 saturated carbocycles. The van der Waals surface area contributed by atoms with Gasteiger partial charge in [-0.05, 0) is 25.5 Å². The number of fused-ring (bicyclic) bond motifs is 1. The molecule has 0 spiro atoms. The molecule has 3 heterocycles. The van der Waals surface area contributed by atoms with Crippen LogP contribution in [0, 0.1) is 6.92 Å². The van der Waals surface area contributed by atoms with Crippen LogP contribution < -0.4 is 0 Å². The molecule has 2 aromatic carbocycles. The Bertz CT molecular complexity index is 1420. The molecule has 1 amide bonds. The maximum Gasteiger partial charge on any atom is 0.266 e. The van der Waals surface area contributed by atoms with Gasteiger partial charge in [0.2, 0.25) is 0 Å². The van der Waals surface area contributed by atoms with Gasteiger partial charge in [-0.15, -0.1) is 11.3 Å². The van der Waals surface area contributed by atoms with Gasteiger partial charge in [0, 0.05) is 54.6 Å². The van der Waals surface area contributed by atoms with Gasteiger partial charge in [-0.1, -0.05) is 48.5 Å². The number of amides is 1. The van der Waals surface area contributed by atoms with E-state index < -0.39 is 24.8 Å². The van der Waals surface area contributed by atoms with Crippen molar-refractivity contribution in [2.45, 2.75) is 44.6 Å². The lowest BCUT2D eigenvalue weighted by atomic mass is 9.92. The Kier molecular flexibility index (Phi) is 6.62. The zero-order valence-electron chi connectivity index (χ0n) is 19.8. The van der Waals surface area contributed by atoms with Crippen LogP contribution in [0.25, 0.3) is 22.2 Å². The van der Waals surface area contributed by atoms with Gasteiger partial charge < -0.3 is 4.90 Å². The number of carbonyl (C=O) groups is 2. The average molecular weight is 506 g/mol. The topological polar surface area (TPSA) is 63.2 Å². The number of ketones is 1. The normalized spacial score (nSPS) is 17.3. The predicted octanol–water partition coefficient (Wildman–Crippen LogP) is 6.57. The van der Waals surface area contributed by atoms with E-state index in [1.165, 1.54) is 16.2 Å². The Morgan fingerprint density at radius 1 is 1.08 bits per heavy atom. The predicted molar refractivity (Wildman–Crippen MR) is 137 cm³/mol. The van der Waals surface area contributed by atoms with E-state index >= 15 is 0 Å². The van der Waals surface area contributed by atoms with Crippen molar-refractivity contribution in [3.05, 3.63) is 82.3 Å². The number of para-hydroxylation sites is 1. The number of halogens is 2. The second-order valence-electron chi connectivity index (χ2n) is 9.08. The lowest BCUT2D eigenvalue weighted by Gasteiger charge is -2.39. The largest absolute Gasteiger partial charge is 0.334 e. The summed E-state index contributed by atoms with van der Waals surface area (Å²) in [5.41, 5.74) is 2.44. The SMILES string of the molecule is Cc1nc(-c2ccccc2)c(C(=O)N2CCC(F)(F)C[C@H]2CCC(=O)c2cccc3cccnc23)s1. The average Bonchev–Trinajstić information content (AvgIpc) is 3.28. The first-order valence-corrected chi connectivity index (χ1v) is 12.7. The van der Waals surface area contributed by atoms with Crippen LogP contribution >= 0.6 is 11.3 Å². The molecule has 5 rings (SSSR count). The summed E-state index contributed by atoms with van der Waals surface area (Å²) >= 11 is 1.27. The highest BCUT2D eigenvalue weighted by Gasteiger charge is 2.43. The van der Waals surface area contributed by atoms with Crippen molar-refractivity contribution in [2.24, 2.45) is 0 Å². The van der Waals surface area contributed by atoms with Crippen LogP contribution in [0.5, 0.6) is 0 Å². The summed E-state index contributed by atoms with van der Waals surface area (Å²) in [4.78, 5) is 37.6. The van der Waals surface area contributed by atoms with E-state index in [0.717, 1.165) is 16.0 Å². The van der Waals surface area contributed by atoms with Crippen molar-refractivity contribution in [1.29, 1.82) is 0 Å². The summed E-state index contributed by atoms with van der Waals surface area (Å²) in [5, 5.41) is 1.58. The van der Waals surface area contributed by atoms with Gasteiger partial charge in [-0.2, -0.15) is 0 Å². The molecule has 5 nitrogen and oxygen atoms in total. The highest BCUT2D eigenvalue weighted by Crippen LogP contribution is 2.37. The summed E-state index contributed by atoms with van der Waals surface area (Å²) in [7, 11) is 0. The van der Waals surface area contributed by atoms with E-state index in [9.17, 15) is 18.4 Å². The minimum atomic E-state index is -2.88. The molecule has 1 saturated heterocycles. The van der Waals surface area contributed by atoms with Crippen LogP contribution in [0.2, 0.25) is 0 Å².